The van der Waals surface area contributed by atoms with E-state index in [-0.39, 0.29) is 11.3 Å². The van der Waals surface area contributed by atoms with Gasteiger partial charge in [0, 0.05) is 16.5 Å². The number of alkyl halides is 1. The Balaban J connectivity index is 2.97. The molecule has 0 saturated heterocycles. The highest BCUT2D eigenvalue weighted by molar-refractivity contribution is 9.10. The topological polar surface area (TPSA) is 34.1 Å². The molecule has 0 amide bonds. The number of halogens is 2. The molecule has 0 bridgehead atoms. The number of carbonyl (C=O) groups excluding carboxylic acids is 2. The molecule has 0 aromatic heterocycles. The van der Waals surface area contributed by atoms with Crippen LogP contribution in [0.5, 0.6) is 0 Å². The largest absolute Gasteiger partial charge is 0.300 e. The van der Waals surface area contributed by atoms with Crippen LogP contribution in [0.15, 0.2) is 28.7 Å². The zero-order chi connectivity index (χ0) is 12.3. The minimum absolute atomic E-state index is 0.264. The van der Waals surface area contributed by atoms with Crippen molar-refractivity contribution in [2.75, 3.05) is 0 Å². The van der Waals surface area contributed by atoms with Crippen molar-refractivity contribution in [2.24, 2.45) is 0 Å². The molecule has 0 aliphatic heterocycles. The van der Waals surface area contributed by atoms with Crippen molar-refractivity contribution in [2.45, 2.75) is 25.9 Å². The summed E-state index contributed by atoms with van der Waals surface area (Å²) in [7, 11) is 0. The van der Waals surface area contributed by atoms with E-state index in [1.165, 1.54) is 13.0 Å². The molecule has 0 spiro atoms. The third-order valence-electron chi connectivity index (χ3n) is 2.14. The van der Waals surface area contributed by atoms with Crippen molar-refractivity contribution in [3.63, 3.8) is 0 Å². The van der Waals surface area contributed by atoms with Crippen molar-refractivity contribution in [3.05, 3.63) is 34.3 Å². The number of hydrogen-bond acceptors (Lipinski definition) is 2. The lowest BCUT2D eigenvalue weighted by Crippen LogP contribution is -2.32. The Morgan fingerprint density at radius 2 is 2.06 bits per heavy atom. The standard InChI is InChI=1S/C12H12BrFO2/c1-8(15)7-12(2,14)11(16)9-4-3-5-10(13)6-9/h3-6H,7H2,1-2H3/t12-/m1/s1. The van der Waals surface area contributed by atoms with Crippen molar-refractivity contribution < 1.29 is 14.0 Å². The van der Waals surface area contributed by atoms with E-state index in [2.05, 4.69) is 15.9 Å². The first-order chi connectivity index (χ1) is 7.33. The molecule has 4 heteroatoms. The quantitative estimate of drug-likeness (QED) is 0.796. The number of hydrogen-bond donors (Lipinski definition) is 0. The normalized spacial score (nSPS) is 14.2. The van der Waals surface area contributed by atoms with E-state index in [1.54, 1.807) is 18.2 Å². The second-order valence-corrected chi connectivity index (χ2v) is 4.83. The summed E-state index contributed by atoms with van der Waals surface area (Å²) in [5.41, 5.74) is -1.87. The fourth-order valence-electron chi connectivity index (χ4n) is 1.48. The van der Waals surface area contributed by atoms with Gasteiger partial charge in [0.1, 0.15) is 5.78 Å². The van der Waals surface area contributed by atoms with Gasteiger partial charge in [-0.3, -0.25) is 9.59 Å². The molecule has 0 radical (unpaired) electrons. The van der Waals surface area contributed by atoms with Gasteiger partial charge in [0.05, 0.1) is 0 Å². The fraction of sp³-hybridized carbons (Fsp3) is 0.333. The number of rotatable bonds is 4. The smallest absolute Gasteiger partial charge is 0.200 e. The molecule has 0 aliphatic carbocycles. The zero-order valence-corrected chi connectivity index (χ0v) is 10.7. The summed E-state index contributed by atoms with van der Waals surface area (Å²) in [6, 6.07) is 6.48. The summed E-state index contributed by atoms with van der Waals surface area (Å²) in [5, 5.41) is 0. The molecule has 16 heavy (non-hydrogen) atoms. The maximum Gasteiger partial charge on any atom is 0.200 e. The van der Waals surface area contributed by atoms with Crippen LogP contribution in [0.4, 0.5) is 4.39 Å². The Hall–Kier alpha value is -1.03. The molecule has 2 nitrogen and oxygen atoms in total. The molecule has 0 heterocycles. The lowest BCUT2D eigenvalue weighted by atomic mass is 9.92. The maximum absolute atomic E-state index is 14.0. The van der Waals surface area contributed by atoms with Gasteiger partial charge in [-0.15, -0.1) is 0 Å². The van der Waals surface area contributed by atoms with Crippen LogP contribution in [-0.2, 0) is 4.79 Å². The van der Waals surface area contributed by atoms with Gasteiger partial charge in [-0.1, -0.05) is 28.1 Å². The first-order valence-electron chi connectivity index (χ1n) is 4.81. The van der Waals surface area contributed by atoms with Gasteiger partial charge in [0.25, 0.3) is 0 Å². The summed E-state index contributed by atoms with van der Waals surface area (Å²) in [6.07, 6.45) is -0.391. The second-order valence-electron chi connectivity index (χ2n) is 3.92. The summed E-state index contributed by atoms with van der Waals surface area (Å²) >= 11 is 3.21. The molecular formula is C12H12BrFO2. The molecular weight excluding hydrogens is 275 g/mol. The van der Waals surface area contributed by atoms with Gasteiger partial charge in [0.2, 0.25) is 0 Å². The molecule has 0 unspecified atom stereocenters. The third-order valence-corrected chi connectivity index (χ3v) is 2.63. The summed E-state index contributed by atoms with van der Waals surface area (Å²) in [4.78, 5) is 22.7. The van der Waals surface area contributed by atoms with E-state index >= 15 is 0 Å². The summed E-state index contributed by atoms with van der Waals surface area (Å²) in [5.74, 6) is -1.00. The van der Waals surface area contributed by atoms with E-state index < -0.39 is 17.9 Å². The van der Waals surface area contributed by atoms with Crippen LogP contribution < -0.4 is 0 Å². The number of Topliss-reactive ketones (excluding diaryl/α,β-unsaturated/α-hetero) is 2. The lowest BCUT2D eigenvalue weighted by Gasteiger charge is -2.17. The van der Waals surface area contributed by atoms with E-state index in [1.807, 2.05) is 0 Å². The Labute approximate surface area is 102 Å². The van der Waals surface area contributed by atoms with Crippen molar-refractivity contribution in [1.29, 1.82) is 0 Å². The van der Waals surface area contributed by atoms with E-state index in [0.717, 1.165) is 6.92 Å². The SMILES string of the molecule is CC(=O)C[C@@](C)(F)C(=O)c1cccc(Br)c1. The van der Waals surface area contributed by atoms with Gasteiger partial charge in [-0.2, -0.15) is 0 Å². The Morgan fingerprint density at radius 3 is 2.56 bits per heavy atom. The molecule has 0 fully saturated rings. The van der Waals surface area contributed by atoms with Crippen LogP contribution in [-0.4, -0.2) is 17.2 Å². The summed E-state index contributed by atoms with van der Waals surface area (Å²) in [6.45, 7) is 2.41. The average molecular weight is 287 g/mol. The lowest BCUT2D eigenvalue weighted by molar-refractivity contribution is -0.118. The van der Waals surface area contributed by atoms with Crippen LogP contribution in [0.1, 0.15) is 30.6 Å². The number of carbonyl (C=O) groups is 2. The predicted octanol–water partition coefficient (Wildman–Crippen LogP) is 3.34. The molecule has 0 N–H and O–H groups in total. The predicted molar refractivity (Wildman–Crippen MR) is 63.3 cm³/mol. The van der Waals surface area contributed by atoms with Gasteiger partial charge >= 0.3 is 0 Å². The van der Waals surface area contributed by atoms with Crippen molar-refractivity contribution >= 4 is 27.5 Å². The molecule has 1 atom stereocenters. The molecule has 86 valence electrons. The second kappa shape index (κ2) is 4.87. The highest BCUT2D eigenvalue weighted by atomic mass is 79.9. The average Bonchev–Trinajstić information content (AvgIpc) is 2.14. The minimum Gasteiger partial charge on any atom is -0.300 e. The highest BCUT2D eigenvalue weighted by Crippen LogP contribution is 2.23. The monoisotopic (exact) mass is 286 g/mol. The Morgan fingerprint density at radius 1 is 1.44 bits per heavy atom. The van der Waals surface area contributed by atoms with Crippen LogP contribution in [0.25, 0.3) is 0 Å². The third kappa shape index (κ3) is 3.23. The zero-order valence-electron chi connectivity index (χ0n) is 9.09. The van der Waals surface area contributed by atoms with Crippen LogP contribution in [0, 0.1) is 0 Å². The minimum atomic E-state index is -2.13. The molecule has 1 aromatic rings. The molecule has 0 aliphatic rings. The van der Waals surface area contributed by atoms with Crippen LogP contribution in [0.3, 0.4) is 0 Å². The fourth-order valence-corrected chi connectivity index (χ4v) is 1.88. The van der Waals surface area contributed by atoms with Gasteiger partial charge < -0.3 is 0 Å². The van der Waals surface area contributed by atoms with E-state index in [9.17, 15) is 14.0 Å². The van der Waals surface area contributed by atoms with Crippen molar-refractivity contribution in [3.8, 4) is 0 Å². The first kappa shape index (κ1) is 13.0. The van der Waals surface area contributed by atoms with Crippen molar-refractivity contribution in [1.82, 2.24) is 0 Å². The summed E-state index contributed by atoms with van der Waals surface area (Å²) < 4.78 is 14.7. The Bertz CT molecular complexity index is 427. The Kier molecular flexibility index (Phi) is 3.97. The van der Waals surface area contributed by atoms with Gasteiger partial charge in [0.15, 0.2) is 11.5 Å². The van der Waals surface area contributed by atoms with Crippen LogP contribution in [0.2, 0.25) is 0 Å². The maximum atomic E-state index is 14.0. The highest BCUT2D eigenvalue weighted by Gasteiger charge is 2.34. The number of ketones is 2. The van der Waals surface area contributed by atoms with E-state index in [0.29, 0.717) is 4.47 Å². The molecule has 0 saturated carbocycles. The first-order valence-corrected chi connectivity index (χ1v) is 5.61. The van der Waals surface area contributed by atoms with E-state index in [4.69, 9.17) is 0 Å². The van der Waals surface area contributed by atoms with Gasteiger partial charge in [-0.05, 0) is 26.0 Å². The molecule has 1 aromatic carbocycles. The molecule has 1 rings (SSSR count). The number of benzene rings is 1. The van der Waals surface area contributed by atoms with Gasteiger partial charge in [-0.25, -0.2) is 4.39 Å². The van der Waals surface area contributed by atoms with Crippen LogP contribution >= 0.6 is 15.9 Å².